The van der Waals surface area contributed by atoms with Gasteiger partial charge in [-0.15, -0.1) is 0 Å². The number of amides is 2. The SMILES string of the molecule is O=C(NCc1n[nH]c(=S)n1C1CC1)C1CCCN(C(=O)c2ccc(F)cc2)C1. The maximum absolute atomic E-state index is 13.1. The van der Waals surface area contributed by atoms with E-state index in [-0.39, 0.29) is 23.5 Å². The van der Waals surface area contributed by atoms with Crippen LogP contribution in [0, 0.1) is 16.5 Å². The predicted octanol–water partition coefficient (Wildman–Crippen LogP) is 2.58. The Bertz CT molecular complexity index is 935. The smallest absolute Gasteiger partial charge is 0.253 e. The van der Waals surface area contributed by atoms with E-state index in [1.807, 2.05) is 4.57 Å². The van der Waals surface area contributed by atoms with Gasteiger partial charge >= 0.3 is 0 Å². The lowest BCUT2D eigenvalue weighted by atomic mass is 9.96. The molecule has 2 amide bonds. The van der Waals surface area contributed by atoms with Crippen LogP contribution in [0.5, 0.6) is 0 Å². The Morgan fingerprint density at radius 3 is 2.71 bits per heavy atom. The van der Waals surface area contributed by atoms with Gasteiger partial charge in [0.2, 0.25) is 5.91 Å². The van der Waals surface area contributed by atoms with Crippen molar-refractivity contribution in [3.05, 3.63) is 46.2 Å². The minimum absolute atomic E-state index is 0.0899. The van der Waals surface area contributed by atoms with E-state index in [1.165, 1.54) is 24.3 Å². The first-order valence-corrected chi connectivity index (χ1v) is 9.92. The number of piperidine rings is 1. The molecular weight excluding hydrogens is 381 g/mol. The molecule has 2 fully saturated rings. The molecule has 9 heteroatoms. The minimum atomic E-state index is -0.378. The zero-order chi connectivity index (χ0) is 19.7. The molecular formula is C19H22FN5O2S. The monoisotopic (exact) mass is 403 g/mol. The normalized spacial score (nSPS) is 19.5. The maximum atomic E-state index is 13.1. The average Bonchev–Trinajstić information content (AvgIpc) is 3.48. The fraction of sp³-hybridized carbons (Fsp3) is 0.474. The summed E-state index contributed by atoms with van der Waals surface area (Å²) in [6, 6.07) is 5.88. The van der Waals surface area contributed by atoms with Gasteiger partial charge in [0.15, 0.2) is 10.6 Å². The maximum Gasteiger partial charge on any atom is 0.253 e. The van der Waals surface area contributed by atoms with E-state index in [4.69, 9.17) is 12.2 Å². The molecule has 2 aromatic rings. The van der Waals surface area contributed by atoms with Crippen molar-refractivity contribution in [2.75, 3.05) is 13.1 Å². The lowest BCUT2D eigenvalue weighted by Crippen LogP contribution is -2.45. The number of carbonyl (C=O) groups excluding carboxylic acids is 2. The second-order valence-electron chi connectivity index (χ2n) is 7.36. The molecule has 1 aliphatic heterocycles. The van der Waals surface area contributed by atoms with Gasteiger partial charge in [-0.05, 0) is 62.2 Å². The summed E-state index contributed by atoms with van der Waals surface area (Å²) < 4.78 is 15.6. The first-order chi connectivity index (χ1) is 13.5. The zero-order valence-corrected chi connectivity index (χ0v) is 16.2. The number of aromatic amines is 1. The van der Waals surface area contributed by atoms with Gasteiger partial charge in [-0.2, -0.15) is 5.10 Å². The van der Waals surface area contributed by atoms with Gasteiger partial charge in [0, 0.05) is 24.7 Å². The molecule has 1 atom stereocenters. The van der Waals surface area contributed by atoms with Gasteiger partial charge in [0.25, 0.3) is 5.91 Å². The molecule has 2 aliphatic rings. The molecule has 1 saturated carbocycles. The number of likely N-dealkylation sites (tertiary alicyclic amines) is 1. The Kier molecular flexibility index (Phi) is 5.25. The van der Waals surface area contributed by atoms with Crippen molar-refractivity contribution in [3.8, 4) is 0 Å². The summed E-state index contributed by atoms with van der Waals surface area (Å²) in [6.45, 7) is 1.27. The Labute approximate surface area is 166 Å². The van der Waals surface area contributed by atoms with E-state index >= 15 is 0 Å². The van der Waals surface area contributed by atoms with Crippen molar-refractivity contribution < 1.29 is 14.0 Å². The molecule has 1 saturated heterocycles. The fourth-order valence-electron chi connectivity index (χ4n) is 3.63. The fourth-order valence-corrected chi connectivity index (χ4v) is 3.93. The van der Waals surface area contributed by atoms with Crippen molar-refractivity contribution >= 4 is 24.0 Å². The number of carbonyl (C=O) groups is 2. The molecule has 4 rings (SSSR count). The molecule has 1 aromatic heterocycles. The van der Waals surface area contributed by atoms with E-state index in [0.717, 1.165) is 31.5 Å². The number of hydrogen-bond donors (Lipinski definition) is 2. The number of aromatic nitrogens is 3. The van der Waals surface area contributed by atoms with Crippen LogP contribution in [-0.2, 0) is 11.3 Å². The second kappa shape index (κ2) is 7.83. The summed E-state index contributed by atoms with van der Waals surface area (Å²) in [5.74, 6) is -0.179. The first-order valence-electron chi connectivity index (χ1n) is 9.51. The molecule has 1 unspecified atom stereocenters. The van der Waals surface area contributed by atoms with Crippen molar-refractivity contribution in [3.63, 3.8) is 0 Å². The summed E-state index contributed by atoms with van der Waals surface area (Å²) in [4.78, 5) is 27.0. The van der Waals surface area contributed by atoms with Crippen LogP contribution < -0.4 is 5.32 Å². The summed E-state index contributed by atoms with van der Waals surface area (Å²) in [6.07, 6.45) is 3.65. The van der Waals surface area contributed by atoms with Crippen LogP contribution in [0.2, 0.25) is 0 Å². The molecule has 1 aromatic carbocycles. The molecule has 0 radical (unpaired) electrons. The number of H-pyrrole nitrogens is 1. The van der Waals surface area contributed by atoms with Crippen LogP contribution >= 0.6 is 12.2 Å². The summed E-state index contributed by atoms with van der Waals surface area (Å²) in [7, 11) is 0. The third-order valence-corrected chi connectivity index (χ3v) is 5.57. The van der Waals surface area contributed by atoms with E-state index in [2.05, 4.69) is 15.5 Å². The molecule has 28 heavy (non-hydrogen) atoms. The van der Waals surface area contributed by atoms with Gasteiger partial charge < -0.3 is 10.2 Å². The number of halogens is 1. The van der Waals surface area contributed by atoms with Crippen LogP contribution in [0.4, 0.5) is 4.39 Å². The number of hydrogen-bond acceptors (Lipinski definition) is 4. The number of nitrogens with one attached hydrogen (secondary N) is 2. The number of benzene rings is 1. The highest BCUT2D eigenvalue weighted by atomic mass is 32.1. The Morgan fingerprint density at radius 2 is 2.00 bits per heavy atom. The molecule has 7 nitrogen and oxygen atoms in total. The Balaban J connectivity index is 1.36. The molecule has 1 aliphatic carbocycles. The van der Waals surface area contributed by atoms with E-state index in [0.29, 0.717) is 36.0 Å². The van der Waals surface area contributed by atoms with E-state index < -0.39 is 0 Å². The molecule has 2 N–H and O–H groups in total. The standard InChI is InChI=1S/C19H22FN5O2S/c20-14-5-3-12(4-6-14)18(27)24-9-1-2-13(11-24)17(26)21-10-16-22-23-19(28)25(16)15-7-8-15/h3-6,13,15H,1-2,7-11H2,(H,21,26)(H,23,28). The van der Waals surface area contributed by atoms with Gasteiger partial charge in [-0.25, -0.2) is 4.39 Å². The molecule has 2 heterocycles. The zero-order valence-electron chi connectivity index (χ0n) is 15.4. The number of rotatable bonds is 5. The van der Waals surface area contributed by atoms with Crippen LogP contribution in [0.15, 0.2) is 24.3 Å². The third kappa shape index (κ3) is 3.99. The Morgan fingerprint density at radius 1 is 1.25 bits per heavy atom. The second-order valence-corrected chi connectivity index (χ2v) is 7.75. The van der Waals surface area contributed by atoms with Crippen LogP contribution in [0.3, 0.4) is 0 Å². The first kappa shape index (κ1) is 18.8. The third-order valence-electron chi connectivity index (χ3n) is 5.28. The van der Waals surface area contributed by atoms with Gasteiger partial charge in [0.05, 0.1) is 12.5 Å². The highest BCUT2D eigenvalue weighted by Gasteiger charge is 2.30. The average molecular weight is 403 g/mol. The lowest BCUT2D eigenvalue weighted by molar-refractivity contribution is -0.126. The highest BCUT2D eigenvalue weighted by Crippen LogP contribution is 2.35. The lowest BCUT2D eigenvalue weighted by Gasteiger charge is -2.32. The van der Waals surface area contributed by atoms with E-state index in [9.17, 15) is 14.0 Å². The topological polar surface area (TPSA) is 83.0 Å². The van der Waals surface area contributed by atoms with Crippen molar-refractivity contribution in [2.24, 2.45) is 5.92 Å². The minimum Gasteiger partial charge on any atom is -0.348 e. The Hall–Kier alpha value is -2.55. The summed E-state index contributed by atoms with van der Waals surface area (Å²) in [5, 5.41) is 9.95. The highest BCUT2D eigenvalue weighted by molar-refractivity contribution is 7.71. The predicted molar refractivity (Wildman–Crippen MR) is 103 cm³/mol. The summed E-state index contributed by atoms with van der Waals surface area (Å²) >= 11 is 5.26. The summed E-state index contributed by atoms with van der Waals surface area (Å²) in [5.41, 5.74) is 0.433. The van der Waals surface area contributed by atoms with Crippen molar-refractivity contribution in [2.45, 2.75) is 38.3 Å². The van der Waals surface area contributed by atoms with Crippen molar-refractivity contribution in [1.29, 1.82) is 0 Å². The van der Waals surface area contributed by atoms with E-state index in [1.54, 1.807) is 4.90 Å². The number of nitrogens with zero attached hydrogens (tertiary/aromatic N) is 3. The molecule has 148 valence electrons. The molecule has 0 spiro atoms. The van der Waals surface area contributed by atoms with Gasteiger partial charge in [-0.1, -0.05) is 0 Å². The van der Waals surface area contributed by atoms with Crippen LogP contribution in [-0.4, -0.2) is 44.6 Å². The van der Waals surface area contributed by atoms with Crippen LogP contribution in [0.1, 0.15) is 47.9 Å². The van der Waals surface area contributed by atoms with Gasteiger partial charge in [-0.3, -0.25) is 19.3 Å². The van der Waals surface area contributed by atoms with Crippen molar-refractivity contribution in [1.82, 2.24) is 25.0 Å². The van der Waals surface area contributed by atoms with Gasteiger partial charge in [0.1, 0.15) is 5.82 Å². The quantitative estimate of drug-likeness (QED) is 0.752. The molecule has 0 bridgehead atoms. The largest absolute Gasteiger partial charge is 0.348 e. The van der Waals surface area contributed by atoms with Crippen LogP contribution in [0.25, 0.3) is 0 Å².